The lowest BCUT2D eigenvalue weighted by molar-refractivity contribution is 0.282. The van der Waals surface area contributed by atoms with Gasteiger partial charge in [0.2, 0.25) is 0 Å². The Labute approximate surface area is 102 Å². The van der Waals surface area contributed by atoms with Gasteiger partial charge < -0.3 is 10.4 Å². The van der Waals surface area contributed by atoms with Gasteiger partial charge in [-0.2, -0.15) is 0 Å². The molecular weight excluding hydrogens is 224 g/mol. The maximum absolute atomic E-state index is 9.07. The molecule has 0 amide bonds. The molecule has 0 aromatic carbocycles. The van der Waals surface area contributed by atoms with Crippen LogP contribution in [0.1, 0.15) is 32.3 Å². The molecule has 0 bridgehead atoms. The summed E-state index contributed by atoms with van der Waals surface area (Å²) in [5, 5.41) is 12.9. The molecule has 0 radical (unpaired) electrons. The summed E-state index contributed by atoms with van der Waals surface area (Å²) in [5.41, 5.74) is 0.712. The van der Waals surface area contributed by atoms with Gasteiger partial charge in [0.25, 0.3) is 0 Å². The second kappa shape index (κ2) is 6.71. The highest BCUT2D eigenvalue weighted by atomic mass is 35.5. The molecule has 0 unspecified atom stereocenters. The number of rotatable bonds is 6. The van der Waals surface area contributed by atoms with Gasteiger partial charge in [0.05, 0.1) is 11.6 Å². The summed E-state index contributed by atoms with van der Waals surface area (Å²) < 4.78 is 0. The van der Waals surface area contributed by atoms with E-state index in [0.29, 0.717) is 16.5 Å². The van der Waals surface area contributed by atoms with E-state index in [1.54, 1.807) is 12.3 Å². The number of anilines is 1. The van der Waals surface area contributed by atoms with Crippen molar-refractivity contribution in [2.45, 2.75) is 33.3 Å². The van der Waals surface area contributed by atoms with E-state index in [1.165, 1.54) is 0 Å². The van der Waals surface area contributed by atoms with Crippen molar-refractivity contribution in [2.75, 3.05) is 11.9 Å². The van der Waals surface area contributed by atoms with Crippen LogP contribution in [0, 0.1) is 5.92 Å². The number of nitrogens with zero attached hydrogens (tertiary/aromatic N) is 1. The van der Waals surface area contributed by atoms with Crippen molar-refractivity contribution in [3.8, 4) is 0 Å². The zero-order valence-electron chi connectivity index (χ0n) is 9.83. The fourth-order valence-corrected chi connectivity index (χ4v) is 1.69. The lowest BCUT2D eigenvalue weighted by Crippen LogP contribution is -2.13. The number of hydrogen-bond acceptors (Lipinski definition) is 3. The Hall–Kier alpha value is -0.800. The van der Waals surface area contributed by atoms with E-state index < -0.39 is 0 Å². The third kappa shape index (κ3) is 3.65. The average Bonchev–Trinajstić information content (AvgIpc) is 2.32. The van der Waals surface area contributed by atoms with E-state index in [0.717, 1.165) is 25.2 Å². The fraction of sp³-hybridized carbons (Fsp3) is 0.583. The van der Waals surface area contributed by atoms with E-state index in [9.17, 15) is 0 Å². The van der Waals surface area contributed by atoms with Crippen molar-refractivity contribution in [3.05, 3.63) is 22.8 Å². The molecule has 0 aliphatic carbocycles. The number of nitrogens with one attached hydrogen (secondary N) is 1. The van der Waals surface area contributed by atoms with Crippen LogP contribution in [0.3, 0.4) is 0 Å². The molecule has 90 valence electrons. The molecule has 4 heteroatoms. The monoisotopic (exact) mass is 242 g/mol. The summed E-state index contributed by atoms with van der Waals surface area (Å²) in [6, 6.07) is 1.80. The Bertz CT molecular complexity index is 327. The second-order valence-corrected chi connectivity index (χ2v) is 4.29. The third-order valence-electron chi connectivity index (χ3n) is 2.83. The minimum atomic E-state index is -0.0545. The van der Waals surface area contributed by atoms with Crippen LogP contribution in [0.5, 0.6) is 0 Å². The van der Waals surface area contributed by atoms with E-state index in [-0.39, 0.29) is 6.61 Å². The minimum Gasteiger partial charge on any atom is -0.392 e. The van der Waals surface area contributed by atoms with Gasteiger partial charge in [-0.05, 0) is 12.0 Å². The maximum Gasteiger partial charge on any atom is 0.126 e. The van der Waals surface area contributed by atoms with Crippen LogP contribution >= 0.6 is 11.6 Å². The highest BCUT2D eigenvalue weighted by Gasteiger charge is 2.05. The van der Waals surface area contributed by atoms with Gasteiger partial charge in [0, 0.05) is 18.3 Å². The molecule has 1 rings (SSSR count). The number of aromatic nitrogens is 1. The average molecular weight is 243 g/mol. The first-order chi connectivity index (χ1) is 7.71. The molecule has 1 aromatic heterocycles. The summed E-state index contributed by atoms with van der Waals surface area (Å²) in [6.07, 6.45) is 3.89. The van der Waals surface area contributed by atoms with E-state index in [4.69, 9.17) is 16.7 Å². The van der Waals surface area contributed by atoms with Crippen LogP contribution in [-0.4, -0.2) is 16.6 Å². The summed E-state index contributed by atoms with van der Waals surface area (Å²) in [5.74, 6) is 1.44. The van der Waals surface area contributed by atoms with Crippen molar-refractivity contribution in [1.29, 1.82) is 0 Å². The van der Waals surface area contributed by atoms with Crippen molar-refractivity contribution >= 4 is 17.4 Å². The first-order valence-corrected chi connectivity index (χ1v) is 6.08. The standard InChI is InChI=1S/C12H19ClN2O/c1-3-9(4-2)6-14-12-5-10(8-16)11(13)7-15-12/h5,7,9,16H,3-4,6,8H2,1-2H3,(H,14,15). The molecule has 0 aliphatic heterocycles. The molecule has 16 heavy (non-hydrogen) atoms. The predicted molar refractivity (Wildman–Crippen MR) is 67.7 cm³/mol. The molecular formula is C12H19ClN2O. The Morgan fingerprint density at radius 2 is 2.12 bits per heavy atom. The van der Waals surface area contributed by atoms with Gasteiger partial charge in [0.15, 0.2) is 0 Å². The second-order valence-electron chi connectivity index (χ2n) is 3.88. The molecule has 0 aliphatic rings. The van der Waals surface area contributed by atoms with Crippen molar-refractivity contribution in [1.82, 2.24) is 4.98 Å². The predicted octanol–water partition coefficient (Wildman–Crippen LogP) is 3.08. The van der Waals surface area contributed by atoms with Crippen LogP contribution in [0.25, 0.3) is 0 Å². The summed E-state index contributed by atoms with van der Waals surface area (Å²) in [7, 11) is 0. The zero-order valence-corrected chi connectivity index (χ0v) is 10.6. The van der Waals surface area contributed by atoms with Crippen molar-refractivity contribution in [2.24, 2.45) is 5.92 Å². The number of hydrogen-bond donors (Lipinski definition) is 2. The van der Waals surface area contributed by atoms with E-state index >= 15 is 0 Å². The summed E-state index contributed by atoms with van der Waals surface area (Å²) in [6.45, 7) is 5.22. The Kier molecular flexibility index (Phi) is 5.56. The highest BCUT2D eigenvalue weighted by molar-refractivity contribution is 6.31. The number of pyridine rings is 1. The first-order valence-electron chi connectivity index (χ1n) is 5.70. The van der Waals surface area contributed by atoms with Crippen molar-refractivity contribution in [3.63, 3.8) is 0 Å². The molecule has 0 saturated heterocycles. The zero-order chi connectivity index (χ0) is 12.0. The van der Waals surface area contributed by atoms with E-state index in [1.807, 2.05) is 0 Å². The molecule has 1 aromatic rings. The van der Waals surface area contributed by atoms with Gasteiger partial charge in [-0.3, -0.25) is 0 Å². The van der Waals surface area contributed by atoms with Gasteiger partial charge in [0.1, 0.15) is 5.82 Å². The molecule has 0 spiro atoms. The number of aliphatic hydroxyl groups excluding tert-OH is 1. The highest BCUT2D eigenvalue weighted by Crippen LogP contribution is 2.18. The quantitative estimate of drug-likeness (QED) is 0.806. The third-order valence-corrected chi connectivity index (χ3v) is 3.17. The Morgan fingerprint density at radius 1 is 1.44 bits per heavy atom. The summed E-state index contributed by atoms with van der Waals surface area (Å²) >= 11 is 5.86. The van der Waals surface area contributed by atoms with Crippen LogP contribution < -0.4 is 5.32 Å². The minimum absolute atomic E-state index is 0.0545. The topological polar surface area (TPSA) is 45.1 Å². The summed E-state index contributed by atoms with van der Waals surface area (Å²) in [4.78, 5) is 4.17. The SMILES string of the molecule is CCC(CC)CNc1cc(CO)c(Cl)cn1. The molecule has 2 N–H and O–H groups in total. The van der Waals surface area contributed by atoms with Crippen LogP contribution in [0.4, 0.5) is 5.82 Å². The van der Waals surface area contributed by atoms with Gasteiger partial charge >= 0.3 is 0 Å². The van der Waals surface area contributed by atoms with E-state index in [2.05, 4.69) is 24.1 Å². The normalized spacial score (nSPS) is 10.8. The van der Waals surface area contributed by atoms with Crippen molar-refractivity contribution < 1.29 is 5.11 Å². The molecule has 1 heterocycles. The van der Waals surface area contributed by atoms with Gasteiger partial charge in [-0.25, -0.2) is 4.98 Å². The first kappa shape index (κ1) is 13.3. The fourth-order valence-electron chi connectivity index (χ4n) is 1.52. The number of halogens is 1. The van der Waals surface area contributed by atoms with Crippen LogP contribution in [-0.2, 0) is 6.61 Å². The largest absolute Gasteiger partial charge is 0.392 e. The lowest BCUT2D eigenvalue weighted by Gasteiger charge is -2.14. The van der Waals surface area contributed by atoms with Crippen LogP contribution in [0.2, 0.25) is 5.02 Å². The number of aliphatic hydroxyl groups is 1. The molecule has 0 fully saturated rings. The maximum atomic E-state index is 9.07. The van der Waals surface area contributed by atoms with Gasteiger partial charge in [-0.1, -0.05) is 38.3 Å². The molecule has 3 nitrogen and oxygen atoms in total. The Morgan fingerprint density at radius 3 is 2.69 bits per heavy atom. The lowest BCUT2D eigenvalue weighted by atomic mass is 10.0. The molecule has 0 atom stereocenters. The Balaban J connectivity index is 2.60. The van der Waals surface area contributed by atoms with Gasteiger partial charge in [-0.15, -0.1) is 0 Å². The smallest absolute Gasteiger partial charge is 0.126 e. The molecule has 0 saturated carbocycles. The van der Waals surface area contributed by atoms with Crippen LogP contribution in [0.15, 0.2) is 12.3 Å².